The summed E-state index contributed by atoms with van der Waals surface area (Å²) in [6, 6.07) is 3.85. The van der Waals surface area contributed by atoms with Gasteiger partial charge in [-0.3, -0.25) is 0 Å². The van der Waals surface area contributed by atoms with Crippen molar-refractivity contribution in [3.05, 3.63) is 26.1 Å². The molecule has 0 unspecified atom stereocenters. The van der Waals surface area contributed by atoms with Gasteiger partial charge in [-0.2, -0.15) is 0 Å². The fourth-order valence-corrected chi connectivity index (χ4v) is 3.14. The molecule has 2 aromatic rings. The van der Waals surface area contributed by atoms with Gasteiger partial charge in [0.2, 0.25) is 0 Å². The molecular formula is C8H4ClIOS. The minimum atomic E-state index is 0.183. The van der Waals surface area contributed by atoms with Gasteiger partial charge in [-0.15, -0.1) is 11.3 Å². The van der Waals surface area contributed by atoms with E-state index in [-0.39, 0.29) is 5.75 Å². The average molecular weight is 311 g/mol. The van der Waals surface area contributed by atoms with Crippen LogP contribution in [0.1, 0.15) is 0 Å². The standard InChI is InChI=1S/C8H4ClIOS/c9-7-4-1-2-12-6(4)3-5(10)8(7)11/h1-3,11H. The zero-order valence-corrected chi connectivity index (χ0v) is 9.57. The van der Waals surface area contributed by atoms with Crippen LogP contribution in [-0.4, -0.2) is 5.11 Å². The predicted molar refractivity (Wildman–Crippen MR) is 61.2 cm³/mol. The van der Waals surface area contributed by atoms with Crippen LogP contribution in [0.2, 0.25) is 5.02 Å². The van der Waals surface area contributed by atoms with E-state index in [1.54, 1.807) is 11.3 Å². The third-order valence-electron chi connectivity index (χ3n) is 1.62. The lowest BCUT2D eigenvalue weighted by atomic mass is 10.2. The minimum absolute atomic E-state index is 0.183. The first-order chi connectivity index (χ1) is 5.70. The van der Waals surface area contributed by atoms with Crippen molar-refractivity contribution in [2.45, 2.75) is 0 Å². The summed E-state index contributed by atoms with van der Waals surface area (Å²) in [4.78, 5) is 0. The van der Waals surface area contributed by atoms with Crippen LogP contribution in [0.15, 0.2) is 17.5 Å². The smallest absolute Gasteiger partial charge is 0.148 e. The predicted octanol–water partition coefficient (Wildman–Crippen LogP) is 3.86. The first kappa shape index (κ1) is 8.59. The van der Waals surface area contributed by atoms with Crippen molar-refractivity contribution >= 4 is 55.6 Å². The molecule has 1 aromatic heterocycles. The monoisotopic (exact) mass is 310 g/mol. The van der Waals surface area contributed by atoms with Gasteiger partial charge in [0.15, 0.2) is 0 Å². The van der Waals surface area contributed by atoms with Crippen molar-refractivity contribution in [3.8, 4) is 5.75 Å². The van der Waals surface area contributed by atoms with Crippen molar-refractivity contribution in [1.29, 1.82) is 0 Å². The highest BCUT2D eigenvalue weighted by atomic mass is 127. The largest absolute Gasteiger partial charge is 0.505 e. The maximum atomic E-state index is 9.49. The molecule has 0 saturated heterocycles. The van der Waals surface area contributed by atoms with E-state index in [2.05, 4.69) is 22.6 Å². The Hall–Kier alpha value is -0.0000000000000000555. The molecule has 0 fully saturated rings. The van der Waals surface area contributed by atoms with E-state index in [9.17, 15) is 5.11 Å². The summed E-state index contributed by atoms with van der Waals surface area (Å²) in [6.45, 7) is 0. The van der Waals surface area contributed by atoms with E-state index in [1.165, 1.54) is 0 Å². The number of phenolic OH excluding ortho intramolecular Hbond substituents is 1. The first-order valence-electron chi connectivity index (χ1n) is 3.24. The van der Waals surface area contributed by atoms with Crippen LogP contribution >= 0.6 is 45.5 Å². The Labute approximate surface area is 92.1 Å². The summed E-state index contributed by atoms with van der Waals surface area (Å²) in [7, 11) is 0. The Bertz CT molecular complexity index is 438. The third kappa shape index (κ3) is 1.20. The molecule has 0 radical (unpaired) electrons. The third-order valence-corrected chi connectivity index (χ3v) is 3.69. The van der Waals surface area contributed by atoms with Gasteiger partial charge in [-0.25, -0.2) is 0 Å². The minimum Gasteiger partial charge on any atom is -0.505 e. The summed E-state index contributed by atoms with van der Waals surface area (Å²) < 4.78 is 1.91. The summed E-state index contributed by atoms with van der Waals surface area (Å²) in [5.74, 6) is 0.183. The van der Waals surface area contributed by atoms with Crippen LogP contribution < -0.4 is 0 Å². The van der Waals surface area contributed by atoms with Crippen molar-refractivity contribution < 1.29 is 5.11 Å². The molecule has 1 nitrogen and oxygen atoms in total. The summed E-state index contributed by atoms with van der Waals surface area (Å²) >= 11 is 9.62. The molecule has 0 aliphatic rings. The van der Waals surface area contributed by atoms with Gasteiger partial charge in [0.1, 0.15) is 5.75 Å². The molecule has 1 N–H and O–H groups in total. The summed E-state index contributed by atoms with van der Waals surface area (Å²) in [5.41, 5.74) is 0. The number of benzene rings is 1. The Morgan fingerprint density at radius 1 is 1.50 bits per heavy atom. The second-order valence-electron chi connectivity index (χ2n) is 2.35. The van der Waals surface area contributed by atoms with Crippen LogP contribution in [0.4, 0.5) is 0 Å². The molecule has 4 heteroatoms. The zero-order valence-electron chi connectivity index (χ0n) is 5.84. The molecule has 0 spiro atoms. The van der Waals surface area contributed by atoms with E-state index in [0.717, 1.165) is 13.7 Å². The van der Waals surface area contributed by atoms with E-state index >= 15 is 0 Å². The molecule has 12 heavy (non-hydrogen) atoms. The van der Waals surface area contributed by atoms with Gasteiger partial charge in [0, 0.05) is 10.1 Å². The van der Waals surface area contributed by atoms with Crippen LogP contribution in [0.3, 0.4) is 0 Å². The van der Waals surface area contributed by atoms with Gasteiger partial charge >= 0.3 is 0 Å². The molecule has 0 aliphatic carbocycles. The van der Waals surface area contributed by atoms with Gasteiger partial charge in [0.25, 0.3) is 0 Å². The highest BCUT2D eigenvalue weighted by Crippen LogP contribution is 2.38. The molecule has 0 bridgehead atoms. The molecule has 0 atom stereocenters. The van der Waals surface area contributed by atoms with Crippen LogP contribution in [0.25, 0.3) is 10.1 Å². The number of halogens is 2. The average Bonchev–Trinajstić information content (AvgIpc) is 2.48. The first-order valence-corrected chi connectivity index (χ1v) is 5.58. The van der Waals surface area contributed by atoms with Gasteiger partial charge < -0.3 is 5.11 Å². The Balaban J connectivity index is 2.94. The lowest BCUT2D eigenvalue weighted by molar-refractivity contribution is 0.472. The van der Waals surface area contributed by atoms with E-state index in [4.69, 9.17) is 11.6 Å². The highest BCUT2D eigenvalue weighted by Gasteiger charge is 2.09. The molecular weight excluding hydrogens is 307 g/mol. The molecule has 1 heterocycles. The second-order valence-corrected chi connectivity index (χ2v) is 4.84. The Morgan fingerprint density at radius 2 is 2.25 bits per heavy atom. The van der Waals surface area contributed by atoms with Gasteiger partial charge in [-0.05, 0) is 40.1 Å². The molecule has 0 amide bonds. The molecule has 2 rings (SSSR count). The van der Waals surface area contributed by atoms with Gasteiger partial charge in [0.05, 0.1) is 8.59 Å². The fraction of sp³-hybridized carbons (Fsp3) is 0. The maximum Gasteiger partial charge on any atom is 0.148 e. The molecule has 1 aromatic carbocycles. The highest BCUT2D eigenvalue weighted by molar-refractivity contribution is 14.1. The lowest BCUT2D eigenvalue weighted by Gasteiger charge is -2.00. The number of aromatic hydroxyl groups is 1. The number of rotatable bonds is 0. The van der Waals surface area contributed by atoms with Crippen molar-refractivity contribution in [3.63, 3.8) is 0 Å². The lowest BCUT2D eigenvalue weighted by Crippen LogP contribution is -1.75. The molecule has 62 valence electrons. The van der Waals surface area contributed by atoms with Crippen LogP contribution in [0, 0.1) is 3.57 Å². The van der Waals surface area contributed by atoms with E-state index in [0.29, 0.717) is 5.02 Å². The van der Waals surface area contributed by atoms with Crippen molar-refractivity contribution in [2.24, 2.45) is 0 Å². The number of fused-ring (bicyclic) bond motifs is 1. The summed E-state index contributed by atoms with van der Waals surface area (Å²) in [6.07, 6.45) is 0. The van der Waals surface area contributed by atoms with E-state index in [1.807, 2.05) is 17.5 Å². The van der Waals surface area contributed by atoms with Crippen LogP contribution in [-0.2, 0) is 0 Å². The maximum absolute atomic E-state index is 9.49. The normalized spacial score (nSPS) is 10.8. The number of phenols is 1. The van der Waals surface area contributed by atoms with Crippen molar-refractivity contribution in [1.82, 2.24) is 0 Å². The van der Waals surface area contributed by atoms with Crippen molar-refractivity contribution in [2.75, 3.05) is 0 Å². The quantitative estimate of drug-likeness (QED) is 0.733. The topological polar surface area (TPSA) is 20.2 Å². The number of hydrogen-bond donors (Lipinski definition) is 1. The zero-order chi connectivity index (χ0) is 8.72. The molecule has 0 saturated carbocycles. The van der Waals surface area contributed by atoms with Gasteiger partial charge in [-0.1, -0.05) is 11.6 Å². The second kappa shape index (κ2) is 3.05. The molecule has 0 aliphatic heterocycles. The number of thiophene rings is 1. The Morgan fingerprint density at radius 3 is 3.00 bits per heavy atom. The number of hydrogen-bond acceptors (Lipinski definition) is 2. The fourth-order valence-electron chi connectivity index (χ4n) is 1.03. The van der Waals surface area contributed by atoms with E-state index < -0.39 is 0 Å². The Kier molecular flexibility index (Phi) is 2.18. The summed E-state index contributed by atoms with van der Waals surface area (Å²) in [5, 5.41) is 12.8. The SMILES string of the molecule is Oc1c(I)cc2sccc2c1Cl. The van der Waals surface area contributed by atoms with Crippen LogP contribution in [0.5, 0.6) is 5.75 Å².